The van der Waals surface area contributed by atoms with Gasteiger partial charge in [0.15, 0.2) is 5.76 Å². The fourth-order valence-electron chi connectivity index (χ4n) is 6.21. The smallest absolute Gasteiger partial charge is 0.314 e. The molecule has 1 atom stereocenters. The van der Waals surface area contributed by atoms with Crippen molar-refractivity contribution in [3.05, 3.63) is 66.3 Å². The van der Waals surface area contributed by atoms with Gasteiger partial charge in [-0.1, -0.05) is 31.1 Å². The molecule has 0 radical (unpaired) electrons. The van der Waals surface area contributed by atoms with Crippen LogP contribution in [0.5, 0.6) is 5.75 Å². The van der Waals surface area contributed by atoms with Gasteiger partial charge in [-0.25, -0.2) is 9.97 Å². The second-order valence-electron chi connectivity index (χ2n) is 11.9. The van der Waals surface area contributed by atoms with E-state index in [-0.39, 0.29) is 11.7 Å². The van der Waals surface area contributed by atoms with Gasteiger partial charge in [-0.3, -0.25) is 4.79 Å². The van der Waals surface area contributed by atoms with Crippen molar-refractivity contribution < 1.29 is 19.5 Å². The third kappa shape index (κ3) is 5.09. The highest BCUT2D eigenvalue weighted by molar-refractivity contribution is 5.82. The Balaban J connectivity index is 1.07. The van der Waals surface area contributed by atoms with E-state index >= 15 is 0 Å². The lowest BCUT2D eigenvalue weighted by molar-refractivity contribution is -0.140. The summed E-state index contributed by atoms with van der Waals surface area (Å²) in [4.78, 5) is 23.1. The number of hydrogen-bond donors (Lipinski definition) is 2. The summed E-state index contributed by atoms with van der Waals surface area (Å²) in [6.45, 7) is 5.34. The fraction of sp³-hybridized carbons (Fsp3) is 0.375. The number of phenols is 1. The van der Waals surface area contributed by atoms with Crippen molar-refractivity contribution in [1.29, 1.82) is 0 Å². The maximum absolute atomic E-state index is 11.7. The normalized spacial score (nSPS) is 16.7. The summed E-state index contributed by atoms with van der Waals surface area (Å²) in [5, 5.41) is 33.0. The Morgan fingerprint density at radius 2 is 1.72 bits per heavy atom. The molecule has 5 heterocycles. The van der Waals surface area contributed by atoms with E-state index in [1.807, 2.05) is 26.0 Å². The molecule has 7 rings (SSSR count). The molecule has 0 amide bonds. The molecule has 0 spiro atoms. The van der Waals surface area contributed by atoms with Crippen LogP contribution in [0.15, 0.2) is 59.4 Å². The van der Waals surface area contributed by atoms with E-state index in [9.17, 15) is 15.0 Å². The van der Waals surface area contributed by atoms with Gasteiger partial charge in [0.05, 0.1) is 11.2 Å². The molecule has 1 saturated heterocycles. The predicted molar refractivity (Wildman–Crippen MR) is 160 cm³/mol. The van der Waals surface area contributed by atoms with Crippen LogP contribution in [0.2, 0.25) is 0 Å². The number of aromatic nitrogens is 6. The Morgan fingerprint density at radius 1 is 0.977 bits per heavy atom. The number of para-hydroxylation sites is 1. The first-order valence-electron chi connectivity index (χ1n) is 14.8. The minimum Gasteiger partial charge on any atom is -0.507 e. The Kier molecular flexibility index (Phi) is 6.79. The van der Waals surface area contributed by atoms with Crippen molar-refractivity contribution in [2.24, 2.45) is 5.92 Å². The molecule has 43 heavy (non-hydrogen) atoms. The minimum absolute atomic E-state index is 0.125. The van der Waals surface area contributed by atoms with Gasteiger partial charge in [0.25, 0.3) is 0 Å². The third-order valence-corrected chi connectivity index (χ3v) is 8.61. The second kappa shape index (κ2) is 10.8. The van der Waals surface area contributed by atoms with Crippen LogP contribution in [0.4, 0.5) is 5.95 Å². The molecule has 11 nitrogen and oxygen atoms in total. The number of carboxylic acid groups (broad SMARTS) is 1. The number of aromatic hydroxyl groups is 1. The highest BCUT2D eigenvalue weighted by Crippen LogP contribution is 2.44. The van der Waals surface area contributed by atoms with Crippen LogP contribution in [0.1, 0.15) is 68.9 Å². The van der Waals surface area contributed by atoms with E-state index in [0.29, 0.717) is 46.2 Å². The zero-order valence-corrected chi connectivity index (χ0v) is 24.1. The number of carbonyl (C=O) groups is 1. The summed E-state index contributed by atoms with van der Waals surface area (Å²) < 4.78 is 7.83. The number of hydrogen-bond acceptors (Lipinski definition) is 9. The predicted octanol–water partition coefficient (Wildman–Crippen LogP) is 5.79. The number of carboxylic acids is 1. The van der Waals surface area contributed by atoms with E-state index in [2.05, 4.69) is 46.9 Å². The van der Waals surface area contributed by atoms with Gasteiger partial charge in [-0.2, -0.15) is 0 Å². The highest BCUT2D eigenvalue weighted by Gasteiger charge is 2.33. The van der Waals surface area contributed by atoms with Crippen LogP contribution in [0.25, 0.3) is 33.5 Å². The molecule has 5 aromatic rings. The average molecular weight is 580 g/mol. The molecule has 220 valence electrons. The molecule has 0 bridgehead atoms. The zero-order valence-electron chi connectivity index (χ0n) is 24.1. The number of aliphatic carboxylic acids is 1. The maximum atomic E-state index is 11.7. The van der Waals surface area contributed by atoms with Crippen molar-refractivity contribution in [3.63, 3.8) is 0 Å². The van der Waals surface area contributed by atoms with E-state index in [1.165, 1.54) is 5.69 Å². The first-order valence-corrected chi connectivity index (χ1v) is 14.8. The first-order chi connectivity index (χ1) is 20.9. The van der Waals surface area contributed by atoms with E-state index in [0.717, 1.165) is 49.8 Å². The van der Waals surface area contributed by atoms with Crippen LogP contribution >= 0.6 is 0 Å². The van der Waals surface area contributed by atoms with Crippen LogP contribution in [-0.2, 0) is 4.79 Å². The number of anilines is 1. The van der Waals surface area contributed by atoms with Gasteiger partial charge in [-0.05, 0) is 55.9 Å². The van der Waals surface area contributed by atoms with Crippen LogP contribution in [0.3, 0.4) is 0 Å². The van der Waals surface area contributed by atoms with Gasteiger partial charge >= 0.3 is 5.97 Å². The first kappa shape index (κ1) is 27.1. The number of benzene rings is 1. The molecule has 2 fully saturated rings. The maximum Gasteiger partial charge on any atom is 0.314 e. The van der Waals surface area contributed by atoms with Crippen molar-refractivity contribution >= 4 is 23.0 Å². The van der Waals surface area contributed by atoms with Gasteiger partial charge < -0.3 is 24.2 Å². The van der Waals surface area contributed by atoms with Gasteiger partial charge in [0, 0.05) is 60.3 Å². The van der Waals surface area contributed by atoms with Crippen molar-refractivity contribution in [2.45, 2.75) is 57.4 Å². The lowest BCUT2D eigenvalue weighted by Gasteiger charge is -2.32. The standard InChI is InChI=1S/C32H33N7O4/c1-18(2)30(31(41)42)29-15-23(37-43-29)20-16-33-32(34-17-20)38-11-9-19(10-12-38)26-14-25-27(39(26)21-7-8-21)13-24(35-36-25)22-5-3-4-6-28(22)40/h3-6,13-19,21,30,40H,7-12H2,1-2H3,(H,41,42). The minimum atomic E-state index is -0.935. The zero-order chi connectivity index (χ0) is 29.7. The Hall–Kier alpha value is -4.80. The fourth-order valence-corrected chi connectivity index (χ4v) is 6.21. The molecule has 11 heteroatoms. The van der Waals surface area contributed by atoms with E-state index < -0.39 is 11.9 Å². The Labute approximate surface area is 248 Å². The molecule has 1 unspecified atom stereocenters. The van der Waals surface area contributed by atoms with Crippen LogP contribution in [0, 0.1) is 5.92 Å². The number of piperidine rings is 1. The lowest BCUT2D eigenvalue weighted by Crippen LogP contribution is -2.34. The summed E-state index contributed by atoms with van der Waals surface area (Å²) in [5.41, 5.74) is 5.84. The van der Waals surface area contributed by atoms with Crippen LogP contribution < -0.4 is 4.90 Å². The summed E-state index contributed by atoms with van der Waals surface area (Å²) in [5.74, 6) is -0.240. The topological polar surface area (TPSA) is 143 Å². The highest BCUT2D eigenvalue weighted by atomic mass is 16.5. The lowest BCUT2D eigenvalue weighted by atomic mass is 9.93. The summed E-state index contributed by atoms with van der Waals surface area (Å²) in [6, 6.07) is 13.6. The SMILES string of the molecule is CC(C)C(C(=O)O)c1cc(-c2cnc(N3CCC(c4cc5nnc(-c6ccccc6O)cc5n4C4CC4)CC3)nc2)no1. The van der Waals surface area contributed by atoms with Crippen molar-refractivity contribution in [1.82, 2.24) is 29.9 Å². The van der Waals surface area contributed by atoms with Crippen molar-refractivity contribution in [2.75, 3.05) is 18.0 Å². The van der Waals surface area contributed by atoms with Crippen LogP contribution in [-0.4, -0.2) is 59.2 Å². The number of fused-ring (bicyclic) bond motifs is 1. The number of nitrogens with zero attached hydrogens (tertiary/aromatic N) is 7. The molecule has 2 N–H and O–H groups in total. The number of phenolic OH excluding ortho intramolecular Hbond substituents is 1. The molecule has 2 aliphatic rings. The Bertz CT molecular complexity index is 1780. The largest absolute Gasteiger partial charge is 0.507 e. The van der Waals surface area contributed by atoms with E-state index in [1.54, 1.807) is 30.6 Å². The average Bonchev–Trinajstić information content (AvgIpc) is 3.61. The number of rotatable bonds is 8. The second-order valence-corrected chi connectivity index (χ2v) is 11.9. The molecule has 1 saturated carbocycles. The molecule has 4 aromatic heterocycles. The Morgan fingerprint density at radius 3 is 2.40 bits per heavy atom. The summed E-state index contributed by atoms with van der Waals surface area (Å²) in [6.07, 6.45) is 7.68. The van der Waals surface area contributed by atoms with E-state index in [4.69, 9.17) is 4.52 Å². The van der Waals surface area contributed by atoms with Gasteiger partial charge in [0.2, 0.25) is 5.95 Å². The van der Waals surface area contributed by atoms with Gasteiger partial charge in [-0.15, -0.1) is 10.2 Å². The summed E-state index contributed by atoms with van der Waals surface area (Å²) >= 11 is 0. The quantitative estimate of drug-likeness (QED) is 0.232. The van der Waals surface area contributed by atoms with Gasteiger partial charge in [0.1, 0.15) is 22.9 Å². The summed E-state index contributed by atoms with van der Waals surface area (Å²) in [7, 11) is 0. The molecule has 1 aliphatic carbocycles. The molecular weight excluding hydrogens is 546 g/mol. The molecular formula is C32H33N7O4. The molecule has 1 aromatic carbocycles. The monoisotopic (exact) mass is 579 g/mol. The third-order valence-electron chi connectivity index (χ3n) is 8.61. The molecule has 1 aliphatic heterocycles. The van der Waals surface area contributed by atoms with Crippen molar-refractivity contribution in [3.8, 4) is 28.3 Å².